The van der Waals surface area contributed by atoms with Gasteiger partial charge in [0.1, 0.15) is 0 Å². The number of amides is 4. The van der Waals surface area contributed by atoms with Gasteiger partial charge in [0.2, 0.25) is 12.3 Å². The Morgan fingerprint density at radius 1 is 1.14 bits per heavy atom. The zero-order chi connectivity index (χ0) is 20.8. The van der Waals surface area contributed by atoms with E-state index in [0.29, 0.717) is 43.3 Å². The van der Waals surface area contributed by atoms with Gasteiger partial charge in [-0.15, -0.1) is 0 Å². The summed E-state index contributed by atoms with van der Waals surface area (Å²) in [6.45, 7) is 0.876. The van der Waals surface area contributed by atoms with Crippen molar-refractivity contribution in [3.63, 3.8) is 0 Å². The van der Waals surface area contributed by atoms with Crippen LogP contribution >= 0.6 is 0 Å². The zero-order valence-corrected chi connectivity index (χ0v) is 16.9. The fraction of sp³-hybridized carbons (Fsp3) is 0.571. The maximum Gasteiger partial charge on any atom is 0.343 e. The highest BCUT2D eigenvalue weighted by Gasteiger charge is 2.37. The van der Waals surface area contributed by atoms with Crippen LogP contribution in [0, 0.1) is 11.8 Å². The van der Waals surface area contributed by atoms with E-state index < -0.39 is 5.92 Å². The van der Waals surface area contributed by atoms with Crippen LogP contribution in [0.4, 0.5) is 10.5 Å². The van der Waals surface area contributed by atoms with E-state index in [0.717, 1.165) is 31.4 Å². The molecule has 0 radical (unpaired) electrons. The molecule has 158 valence electrons. The van der Waals surface area contributed by atoms with E-state index in [1.54, 1.807) is 7.05 Å². The molecular weight excluding hydrogens is 372 g/mol. The summed E-state index contributed by atoms with van der Waals surface area (Å²) in [7, 11) is 1.69. The molecule has 0 aromatic heterocycles. The molecule has 29 heavy (non-hydrogen) atoms. The number of anilines is 1. The van der Waals surface area contributed by atoms with Gasteiger partial charge in [-0.1, -0.05) is 43.9 Å². The molecular formula is C21H30N4O4. The normalized spacial score (nSPS) is 18.0. The molecule has 0 unspecified atom stereocenters. The van der Waals surface area contributed by atoms with Crippen molar-refractivity contribution in [2.24, 2.45) is 11.8 Å². The monoisotopic (exact) mass is 402 g/mol. The van der Waals surface area contributed by atoms with Crippen molar-refractivity contribution >= 4 is 24.0 Å². The molecule has 1 atom stereocenters. The summed E-state index contributed by atoms with van der Waals surface area (Å²) in [5.74, 6) is -0.309. The summed E-state index contributed by atoms with van der Waals surface area (Å²) in [4.78, 5) is 38.8. The van der Waals surface area contributed by atoms with E-state index in [2.05, 4.69) is 0 Å². The first kappa shape index (κ1) is 21.1. The molecule has 1 N–H and O–H groups in total. The Bertz CT molecular complexity index is 708. The third kappa shape index (κ3) is 5.06. The topological polar surface area (TPSA) is 84.4 Å². The summed E-state index contributed by atoms with van der Waals surface area (Å²) in [5.41, 5.74) is 0.752. The van der Waals surface area contributed by atoms with E-state index in [9.17, 15) is 19.6 Å². The van der Waals surface area contributed by atoms with Gasteiger partial charge in [-0.25, -0.2) is 19.9 Å². The second-order valence-electron chi connectivity index (χ2n) is 7.93. The molecule has 1 heterocycles. The number of nitrogens with zero attached hydrogens (tertiary/aromatic N) is 4. The van der Waals surface area contributed by atoms with Crippen molar-refractivity contribution in [1.29, 1.82) is 0 Å². The lowest BCUT2D eigenvalue weighted by atomic mass is 9.92. The standard InChI is InChI=1S/C21H30N4O4/c1-22(19-10-3-2-4-11-19)21(28)25-13-7-12-24(25)20(27)18(15-23(29)16-26)14-17-8-5-6-9-17/h2-4,10-11,16-18,29H,5-9,12-15H2,1H3/t18-/m1/s1. The van der Waals surface area contributed by atoms with Crippen LogP contribution < -0.4 is 4.90 Å². The van der Waals surface area contributed by atoms with Gasteiger partial charge in [0.05, 0.1) is 12.5 Å². The number of hydroxylamine groups is 2. The first-order valence-corrected chi connectivity index (χ1v) is 10.3. The molecule has 1 saturated heterocycles. The Morgan fingerprint density at radius 2 is 1.79 bits per heavy atom. The van der Waals surface area contributed by atoms with E-state index in [1.807, 2.05) is 30.3 Å². The number of urea groups is 1. The van der Waals surface area contributed by atoms with Crippen LogP contribution in [0.2, 0.25) is 0 Å². The molecule has 1 aliphatic heterocycles. The molecule has 8 nitrogen and oxygen atoms in total. The Kier molecular flexibility index (Phi) is 7.09. The fourth-order valence-corrected chi connectivity index (χ4v) is 4.36. The van der Waals surface area contributed by atoms with Gasteiger partial charge in [-0.05, 0) is 30.9 Å². The first-order chi connectivity index (χ1) is 14.0. The van der Waals surface area contributed by atoms with Crippen molar-refractivity contribution in [2.75, 3.05) is 31.6 Å². The van der Waals surface area contributed by atoms with Crippen molar-refractivity contribution in [3.05, 3.63) is 30.3 Å². The van der Waals surface area contributed by atoms with Gasteiger partial charge < -0.3 is 0 Å². The van der Waals surface area contributed by atoms with E-state index in [-0.39, 0.29) is 18.5 Å². The molecule has 8 heteroatoms. The average molecular weight is 402 g/mol. The Morgan fingerprint density at radius 3 is 2.45 bits per heavy atom. The van der Waals surface area contributed by atoms with Crippen LogP contribution in [0.3, 0.4) is 0 Å². The summed E-state index contributed by atoms with van der Waals surface area (Å²) in [6.07, 6.45) is 6.08. The van der Waals surface area contributed by atoms with Gasteiger partial charge in [0.15, 0.2) is 0 Å². The lowest BCUT2D eigenvalue weighted by Gasteiger charge is -2.34. The Labute approximate surface area is 171 Å². The summed E-state index contributed by atoms with van der Waals surface area (Å²) < 4.78 is 0. The minimum atomic E-state index is -0.524. The number of para-hydroxylation sites is 1. The van der Waals surface area contributed by atoms with Gasteiger partial charge in [0, 0.05) is 25.8 Å². The molecule has 1 aromatic rings. The van der Waals surface area contributed by atoms with Crippen LogP contribution in [0.25, 0.3) is 0 Å². The SMILES string of the molecule is CN(C(=O)N1CCCN1C(=O)[C@H](CC1CCCC1)CN(O)C=O)c1ccccc1. The third-order valence-corrected chi connectivity index (χ3v) is 5.91. The average Bonchev–Trinajstić information content (AvgIpc) is 3.44. The van der Waals surface area contributed by atoms with Crippen molar-refractivity contribution in [3.8, 4) is 0 Å². The first-order valence-electron chi connectivity index (χ1n) is 10.3. The molecule has 1 aromatic carbocycles. The van der Waals surface area contributed by atoms with E-state index in [1.165, 1.54) is 14.9 Å². The number of hydrazine groups is 1. The minimum Gasteiger partial charge on any atom is -0.296 e. The van der Waals surface area contributed by atoms with Gasteiger partial charge in [0.25, 0.3) is 0 Å². The quantitative estimate of drug-likeness (QED) is 0.432. The van der Waals surface area contributed by atoms with Crippen LogP contribution in [0.5, 0.6) is 0 Å². The maximum atomic E-state index is 13.3. The second-order valence-corrected chi connectivity index (χ2v) is 7.93. The molecule has 4 amide bonds. The smallest absolute Gasteiger partial charge is 0.296 e. The molecule has 1 saturated carbocycles. The Balaban J connectivity index is 1.73. The molecule has 0 spiro atoms. The molecule has 2 aliphatic rings. The lowest BCUT2D eigenvalue weighted by Crippen LogP contribution is -2.52. The van der Waals surface area contributed by atoms with Crippen molar-refractivity contribution in [2.45, 2.75) is 38.5 Å². The molecule has 1 aliphatic carbocycles. The molecule has 3 rings (SSSR count). The second kappa shape index (κ2) is 9.73. The largest absolute Gasteiger partial charge is 0.343 e. The fourth-order valence-electron chi connectivity index (χ4n) is 4.36. The van der Waals surface area contributed by atoms with Gasteiger partial charge in [-0.3, -0.25) is 19.7 Å². The Hall–Kier alpha value is -2.61. The molecule has 0 bridgehead atoms. The number of carbonyl (C=O) groups is 3. The summed E-state index contributed by atoms with van der Waals surface area (Å²) >= 11 is 0. The predicted molar refractivity (Wildman–Crippen MR) is 108 cm³/mol. The summed E-state index contributed by atoms with van der Waals surface area (Å²) in [5, 5.41) is 13.2. The van der Waals surface area contributed by atoms with E-state index >= 15 is 0 Å². The maximum absolute atomic E-state index is 13.3. The predicted octanol–water partition coefficient (Wildman–Crippen LogP) is 2.74. The number of benzene rings is 1. The van der Waals surface area contributed by atoms with Crippen molar-refractivity contribution < 1.29 is 19.6 Å². The number of rotatable bonds is 7. The van der Waals surface area contributed by atoms with Gasteiger partial charge in [-0.2, -0.15) is 0 Å². The highest BCUT2D eigenvalue weighted by molar-refractivity contribution is 5.93. The highest BCUT2D eigenvalue weighted by atomic mass is 16.5. The number of hydrogen-bond acceptors (Lipinski definition) is 4. The van der Waals surface area contributed by atoms with Crippen LogP contribution in [-0.4, -0.2) is 65.3 Å². The number of carbonyl (C=O) groups excluding carboxylic acids is 3. The lowest BCUT2D eigenvalue weighted by molar-refractivity contribution is -0.160. The van der Waals surface area contributed by atoms with E-state index in [4.69, 9.17) is 0 Å². The van der Waals surface area contributed by atoms with Crippen molar-refractivity contribution in [1.82, 2.24) is 15.1 Å². The van der Waals surface area contributed by atoms with Crippen LogP contribution in [0.15, 0.2) is 30.3 Å². The zero-order valence-electron chi connectivity index (χ0n) is 16.9. The van der Waals surface area contributed by atoms with Crippen LogP contribution in [-0.2, 0) is 9.59 Å². The molecule has 2 fully saturated rings. The number of hydrogen-bond donors (Lipinski definition) is 1. The highest BCUT2D eigenvalue weighted by Crippen LogP contribution is 2.32. The van der Waals surface area contributed by atoms with Gasteiger partial charge >= 0.3 is 6.03 Å². The third-order valence-electron chi connectivity index (χ3n) is 5.91. The van der Waals surface area contributed by atoms with Crippen LogP contribution in [0.1, 0.15) is 38.5 Å². The minimum absolute atomic E-state index is 0.0497. The summed E-state index contributed by atoms with van der Waals surface area (Å²) in [6, 6.07) is 9.03.